The second-order valence-electron chi connectivity index (χ2n) is 3.57. The minimum atomic E-state index is 0.540. The van der Waals surface area contributed by atoms with Crippen LogP contribution in [0.1, 0.15) is 18.9 Å². The third-order valence-electron chi connectivity index (χ3n) is 2.09. The molecule has 0 aromatic heterocycles. The Balaban J connectivity index is 2.00. The molecule has 0 heterocycles. The molecule has 0 amide bonds. The zero-order valence-corrected chi connectivity index (χ0v) is 9.22. The van der Waals surface area contributed by atoms with Crippen LogP contribution in [0.4, 0.5) is 0 Å². The normalized spacial score (nSPS) is 9.93. The average molecular weight is 205 g/mol. The van der Waals surface area contributed by atoms with Crippen LogP contribution in [0.15, 0.2) is 30.3 Å². The highest BCUT2D eigenvalue weighted by Crippen LogP contribution is 1.96. The molecule has 1 aromatic carbocycles. The van der Waals surface area contributed by atoms with Gasteiger partial charge in [-0.2, -0.15) is 0 Å². The van der Waals surface area contributed by atoms with Gasteiger partial charge in [0.15, 0.2) is 0 Å². The molecule has 82 valence electrons. The van der Waals surface area contributed by atoms with Gasteiger partial charge in [0.2, 0.25) is 0 Å². The van der Waals surface area contributed by atoms with Crippen LogP contribution < -0.4 is 10.6 Å². The summed E-state index contributed by atoms with van der Waals surface area (Å²) in [6, 6.07) is 10.4. The fourth-order valence-electron chi connectivity index (χ4n) is 1.32. The Labute approximate surface area is 91.4 Å². The van der Waals surface area contributed by atoms with Crippen LogP contribution in [0.5, 0.6) is 0 Å². The van der Waals surface area contributed by atoms with E-state index in [4.69, 9.17) is 5.41 Å². The molecule has 0 aliphatic heterocycles. The fraction of sp³-hybridized carbons (Fsp3) is 0.417. The molecule has 3 heteroatoms. The van der Waals surface area contributed by atoms with Crippen molar-refractivity contribution < 1.29 is 0 Å². The third-order valence-corrected chi connectivity index (χ3v) is 2.09. The highest BCUT2D eigenvalue weighted by Gasteiger charge is 1.91. The van der Waals surface area contributed by atoms with Gasteiger partial charge in [-0.25, -0.2) is 0 Å². The first-order chi connectivity index (χ1) is 7.29. The minimum absolute atomic E-state index is 0.540. The largest absolute Gasteiger partial charge is 0.374 e. The summed E-state index contributed by atoms with van der Waals surface area (Å²) in [5.41, 5.74) is 1.31. The SMILES string of the molecule is CC(=N)NCCCNCc1ccccc1. The number of amidine groups is 1. The Hall–Kier alpha value is -1.35. The average Bonchev–Trinajstić information content (AvgIpc) is 2.24. The second-order valence-corrected chi connectivity index (χ2v) is 3.57. The number of nitrogens with one attached hydrogen (secondary N) is 3. The van der Waals surface area contributed by atoms with Crippen LogP contribution >= 0.6 is 0 Å². The molecule has 0 radical (unpaired) electrons. The number of hydrogen-bond donors (Lipinski definition) is 3. The van der Waals surface area contributed by atoms with E-state index in [-0.39, 0.29) is 0 Å². The zero-order chi connectivity index (χ0) is 10.9. The molecule has 0 saturated heterocycles. The van der Waals surface area contributed by atoms with E-state index in [1.807, 2.05) is 6.07 Å². The summed E-state index contributed by atoms with van der Waals surface area (Å²) >= 11 is 0. The number of benzene rings is 1. The summed E-state index contributed by atoms with van der Waals surface area (Å²) in [6.45, 7) is 4.54. The molecule has 0 aliphatic rings. The van der Waals surface area contributed by atoms with E-state index < -0.39 is 0 Å². The molecule has 0 unspecified atom stereocenters. The summed E-state index contributed by atoms with van der Waals surface area (Å²) < 4.78 is 0. The van der Waals surface area contributed by atoms with Crippen molar-refractivity contribution in [3.63, 3.8) is 0 Å². The molecule has 3 nitrogen and oxygen atoms in total. The van der Waals surface area contributed by atoms with Gasteiger partial charge in [-0.1, -0.05) is 30.3 Å². The molecule has 15 heavy (non-hydrogen) atoms. The van der Waals surface area contributed by atoms with Crippen molar-refractivity contribution in [1.29, 1.82) is 5.41 Å². The molecule has 0 spiro atoms. The molecule has 0 bridgehead atoms. The van der Waals surface area contributed by atoms with Gasteiger partial charge in [0.05, 0.1) is 5.84 Å². The van der Waals surface area contributed by atoms with E-state index in [9.17, 15) is 0 Å². The summed E-state index contributed by atoms with van der Waals surface area (Å²) in [7, 11) is 0. The molecule has 0 fully saturated rings. The number of rotatable bonds is 6. The Morgan fingerprint density at radius 3 is 2.60 bits per heavy atom. The van der Waals surface area contributed by atoms with E-state index >= 15 is 0 Å². The highest BCUT2D eigenvalue weighted by molar-refractivity contribution is 5.75. The minimum Gasteiger partial charge on any atom is -0.374 e. The van der Waals surface area contributed by atoms with E-state index in [1.165, 1.54) is 5.56 Å². The molecule has 0 saturated carbocycles. The maximum Gasteiger partial charge on any atom is 0.0899 e. The van der Waals surface area contributed by atoms with Crippen molar-refractivity contribution in [2.75, 3.05) is 13.1 Å². The summed E-state index contributed by atoms with van der Waals surface area (Å²) in [4.78, 5) is 0. The van der Waals surface area contributed by atoms with Gasteiger partial charge in [0.25, 0.3) is 0 Å². The first-order valence-electron chi connectivity index (χ1n) is 5.32. The van der Waals surface area contributed by atoms with E-state index in [0.29, 0.717) is 5.84 Å². The summed E-state index contributed by atoms with van der Waals surface area (Å²) in [5.74, 6) is 0.540. The smallest absolute Gasteiger partial charge is 0.0899 e. The second kappa shape index (κ2) is 7.01. The fourth-order valence-corrected chi connectivity index (χ4v) is 1.32. The van der Waals surface area contributed by atoms with Crippen molar-refractivity contribution in [3.8, 4) is 0 Å². The zero-order valence-electron chi connectivity index (χ0n) is 9.22. The van der Waals surface area contributed by atoms with Crippen LogP contribution in [0.3, 0.4) is 0 Å². The molecule has 3 N–H and O–H groups in total. The summed E-state index contributed by atoms with van der Waals surface area (Å²) in [6.07, 6.45) is 1.04. The van der Waals surface area contributed by atoms with Crippen LogP contribution in [0.25, 0.3) is 0 Å². The van der Waals surface area contributed by atoms with Crippen LogP contribution in [0.2, 0.25) is 0 Å². The van der Waals surface area contributed by atoms with Gasteiger partial charge >= 0.3 is 0 Å². The van der Waals surface area contributed by atoms with Crippen molar-refractivity contribution in [1.82, 2.24) is 10.6 Å². The standard InChI is InChI=1S/C12H19N3/c1-11(13)15-9-5-8-14-10-12-6-3-2-4-7-12/h2-4,6-7,14H,5,8-10H2,1H3,(H2,13,15). The van der Waals surface area contributed by atoms with Gasteiger partial charge in [-0.05, 0) is 25.5 Å². The van der Waals surface area contributed by atoms with Gasteiger partial charge in [0.1, 0.15) is 0 Å². The lowest BCUT2D eigenvalue weighted by Crippen LogP contribution is -2.24. The first kappa shape index (κ1) is 11.7. The van der Waals surface area contributed by atoms with Gasteiger partial charge in [-0.15, -0.1) is 0 Å². The van der Waals surface area contributed by atoms with Crippen LogP contribution in [-0.2, 0) is 6.54 Å². The Morgan fingerprint density at radius 1 is 1.20 bits per heavy atom. The third kappa shape index (κ3) is 5.86. The lowest BCUT2D eigenvalue weighted by molar-refractivity contribution is 0.639. The van der Waals surface area contributed by atoms with Crippen LogP contribution in [-0.4, -0.2) is 18.9 Å². The maximum atomic E-state index is 7.18. The molecular formula is C12H19N3. The quantitative estimate of drug-likeness (QED) is 0.376. The van der Waals surface area contributed by atoms with E-state index in [2.05, 4.69) is 34.9 Å². The van der Waals surface area contributed by atoms with Gasteiger partial charge < -0.3 is 10.6 Å². The van der Waals surface area contributed by atoms with Crippen molar-refractivity contribution >= 4 is 5.84 Å². The van der Waals surface area contributed by atoms with Crippen molar-refractivity contribution in [2.24, 2.45) is 0 Å². The van der Waals surface area contributed by atoms with E-state index in [0.717, 1.165) is 26.1 Å². The van der Waals surface area contributed by atoms with Crippen molar-refractivity contribution in [3.05, 3.63) is 35.9 Å². The first-order valence-corrected chi connectivity index (χ1v) is 5.32. The van der Waals surface area contributed by atoms with Gasteiger partial charge in [0, 0.05) is 13.1 Å². The van der Waals surface area contributed by atoms with Gasteiger partial charge in [-0.3, -0.25) is 5.41 Å². The predicted molar refractivity (Wildman–Crippen MR) is 64.2 cm³/mol. The Bertz CT molecular complexity index is 282. The lowest BCUT2D eigenvalue weighted by atomic mass is 10.2. The van der Waals surface area contributed by atoms with Crippen molar-refractivity contribution in [2.45, 2.75) is 19.9 Å². The Kier molecular flexibility index (Phi) is 5.48. The summed E-state index contributed by atoms with van der Waals surface area (Å²) in [5, 5.41) is 13.5. The molecule has 1 aromatic rings. The molecule has 0 atom stereocenters. The topological polar surface area (TPSA) is 47.9 Å². The van der Waals surface area contributed by atoms with Crippen LogP contribution in [0, 0.1) is 5.41 Å². The Morgan fingerprint density at radius 2 is 1.93 bits per heavy atom. The molecule has 1 rings (SSSR count). The predicted octanol–water partition coefficient (Wildman–Crippen LogP) is 1.75. The van der Waals surface area contributed by atoms with E-state index in [1.54, 1.807) is 6.92 Å². The lowest BCUT2D eigenvalue weighted by Gasteiger charge is -2.05. The molecular weight excluding hydrogens is 186 g/mol. The number of hydrogen-bond acceptors (Lipinski definition) is 2. The molecule has 0 aliphatic carbocycles. The highest BCUT2D eigenvalue weighted by atomic mass is 14.9. The maximum absolute atomic E-state index is 7.18. The monoisotopic (exact) mass is 205 g/mol.